The molecule has 0 radical (unpaired) electrons. The van der Waals surface area contributed by atoms with Crippen LogP contribution in [0.1, 0.15) is 87.8 Å². The fourth-order valence-corrected chi connectivity index (χ4v) is 3.75. The molecule has 0 atom stereocenters. The third-order valence-electron chi connectivity index (χ3n) is 5.45. The summed E-state index contributed by atoms with van der Waals surface area (Å²) in [4.78, 5) is 24.3. The van der Waals surface area contributed by atoms with E-state index in [2.05, 4.69) is 31.2 Å². The molecule has 1 aromatic heterocycles. The van der Waals surface area contributed by atoms with E-state index in [1.807, 2.05) is 10.7 Å². The summed E-state index contributed by atoms with van der Waals surface area (Å²) in [7, 11) is 0. The number of carbonyl (C=O) groups excluding carboxylic acids is 1. The van der Waals surface area contributed by atoms with Crippen LogP contribution in [0.2, 0.25) is 0 Å². The van der Waals surface area contributed by atoms with Crippen LogP contribution in [0.25, 0.3) is 0 Å². The summed E-state index contributed by atoms with van der Waals surface area (Å²) in [5.74, 6) is -0.570. The Morgan fingerprint density at radius 3 is 2.44 bits per heavy atom. The molecule has 0 saturated heterocycles. The zero-order chi connectivity index (χ0) is 18.2. The van der Waals surface area contributed by atoms with E-state index in [1.54, 1.807) is 0 Å². The van der Waals surface area contributed by atoms with Crippen LogP contribution < -0.4 is 5.32 Å². The zero-order valence-corrected chi connectivity index (χ0v) is 15.5. The molecule has 138 valence electrons. The van der Waals surface area contributed by atoms with Crippen molar-refractivity contribution in [3.05, 3.63) is 17.5 Å². The van der Waals surface area contributed by atoms with E-state index in [0.29, 0.717) is 24.5 Å². The Bertz CT molecular complexity index is 662. The molecule has 2 fully saturated rings. The van der Waals surface area contributed by atoms with E-state index in [4.69, 9.17) is 0 Å². The summed E-state index contributed by atoms with van der Waals surface area (Å²) in [6.45, 7) is 6.42. The first kappa shape index (κ1) is 18.0. The summed E-state index contributed by atoms with van der Waals surface area (Å²) in [6.07, 6.45) is 6.44. The Kier molecular flexibility index (Phi) is 4.64. The number of aromatic nitrogens is 2. The average Bonchev–Trinajstić information content (AvgIpc) is 3.30. The molecule has 0 bridgehead atoms. The van der Waals surface area contributed by atoms with Gasteiger partial charge < -0.3 is 10.4 Å². The maximum absolute atomic E-state index is 12.6. The van der Waals surface area contributed by atoms with E-state index >= 15 is 0 Å². The van der Waals surface area contributed by atoms with Crippen LogP contribution >= 0.6 is 0 Å². The molecule has 6 nitrogen and oxygen atoms in total. The van der Waals surface area contributed by atoms with E-state index in [1.165, 1.54) is 0 Å². The second-order valence-electron chi connectivity index (χ2n) is 8.64. The molecule has 25 heavy (non-hydrogen) atoms. The van der Waals surface area contributed by atoms with Gasteiger partial charge in [0.25, 0.3) is 5.91 Å². The maximum Gasteiger partial charge on any atom is 0.311 e. The van der Waals surface area contributed by atoms with Crippen LogP contribution in [-0.4, -0.2) is 33.3 Å². The molecule has 2 saturated carbocycles. The number of carbonyl (C=O) groups is 2. The van der Waals surface area contributed by atoms with Crippen molar-refractivity contribution < 1.29 is 14.7 Å². The predicted molar refractivity (Wildman–Crippen MR) is 94.7 cm³/mol. The van der Waals surface area contributed by atoms with E-state index in [9.17, 15) is 14.7 Å². The smallest absolute Gasteiger partial charge is 0.311 e. The molecule has 1 heterocycles. The number of hydrogen-bond acceptors (Lipinski definition) is 3. The second kappa shape index (κ2) is 6.46. The summed E-state index contributed by atoms with van der Waals surface area (Å²) in [5.41, 5.74) is 0.513. The topological polar surface area (TPSA) is 84.2 Å². The van der Waals surface area contributed by atoms with Crippen molar-refractivity contribution in [3.63, 3.8) is 0 Å². The van der Waals surface area contributed by atoms with Gasteiger partial charge in [-0.15, -0.1) is 0 Å². The van der Waals surface area contributed by atoms with Gasteiger partial charge in [-0.3, -0.25) is 14.3 Å². The van der Waals surface area contributed by atoms with Gasteiger partial charge in [-0.25, -0.2) is 0 Å². The highest BCUT2D eigenvalue weighted by Gasteiger charge is 2.40. The molecule has 3 rings (SSSR count). The molecular formula is C19H29N3O3. The Morgan fingerprint density at radius 1 is 1.28 bits per heavy atom. The van der Waals surface area contributed by atoms with Gasteiger partial charge in [0.1, 0.15) is 5.69 Å². The van der Waals surface area contributed by atoms with Crippen molar-refractivity contribution >= 4 is 11.9 Å². The van der Waals surface area contributed by atoms with Gasteiger partial charge in [-0.1, -0.05) is 19.3 Å². The van der Waals surface area contributed by atoms with Crippen LogP contribution in [0.5, 0.6) is 0 Å². The largest absolute Gasteiger partial charge is 0.481 e. The fraction of sp³-hybridized carbons (Fsp3) is 0.737. The predicted octanol–water partition coefficient (Wildman–Crippen LogP) is 3.28. The van der Waals surface area contributed by atoms with E-state index in [-0.39, 0.29) is 18.0 Å². The Labute approximate surface area is 149 Å². The number of rotatable bonds is 5. The molecule has 0 aliphatic heterocycles. The summed E-state index contributed by atoms with van der Waals surface area (Å²) >= 11 is 0. The molecule has 1 amide bonds. The first-order chi connectivity index (χ1) is 11.7. The lowest BCUT2D eigenvalue weighted by atomic mass is 9.74. The summed E-state index contributed by atoms with van der Waals surface area (Å²) in [5, 5.41) is 17.0. The van der Waals surface area contributed by atoms with Crippen molar-refractivity contribution in [1.82, 2.24) is 15.1 Å². The van der Waals surface area contributed by atoms with Gasteiger partial charge in [-0.05, 0) is 52.5 Å². The van der Waals surface area contributed by atoms with Crippen LogP contribution in [0, 0.1) is 5.41 Å². The number of aliphatic carboxylic acids is 1. The normalized spacial score (nSPS) is 20.3. The molecule has 0 unspecified atom stereocenters. The Hall–Kier alpha value is -1.85. The molecule has 2 aliphatic carbocycles. The first-order valence-electron chi connectivity index (χ1n) is 9.35. The number of amides is 1. The van der Waals surface area contributed by atoms with Gasteiger partial charge in [0, 0.05) is 18.2 Å². The zero-order valence-electron chi connectivity index (χ0n) is 15.5. The average molecular weight is 347 g/mol. The Morgan fingerprint density at radius 2 is 1.92 bits per heavy atom. The molecule has 0 aromatic carbocycles. The van der Waals surface area contributed by atoms with Crippen molar-refractivity contribution in [2.24, 2.45) is 5.41 Å². The lowest BCUT2D eigenvalue weighted by Gasteiger charge is -2.33. The Balaban J connectivity index is 1.74. The minimum atomic E-state index is -0.820. The van der Waals surface area contributed by atoms with Gasteiger partial charge in [-0.2, -0.15) is 5.10 Å². The molecule has 2 aliphatic rings. The van der Waals surface area contributed by atoms with Crippen LogP contribution in [0.4, 0.5) is 0 Å². The van der Waals surface area contributed by atoms with Gasteiger partial charge in [0.15, 0.2) is 0 Å². The van der Waals surface area contributed by atoms with Crippen molar-refractivity contribution in [2.75, 3.05) is 6.54 Å². The third-order valence-corrected chi connectivity index (χ3v) is 5.45. The molecule has 0 spiro atoms. The van der Waals surface area contributed by atoms with Gasteiger partial charge >= 0.3 is 5.97 Å². The SMILES string of the molecule is CC(C)(C)n1nc(C(=O)NCC2(C(=O)O)CCCCC2)cc1C1CC1. The summed E-state index contributed by atoms with van der Waals surface area (Å²) in [6, 6.07) is 1.88. The third kappa shape index (κ3) is 3.72. The van der Waals surface area contributed by atoms with Crippen LogP contribution in [0.3, 0.4) is 0 Å². The van der Waals surface area contributed by atoms with Crippen molar-refractivity contribution in [1.29, 1.82) is 0 Å². The van der Waals surface area contributed by atoms with E-state index in [0.717, 1.165) is 37.8 Å². The quantitative estimate of drug-likeness (QED) is 0.856. The molecule has 1 aromatic rings. The number of carboxylic acids is 1. The standard InChI is InChI=1S/C19H29N3O3/c1-18(2,3)22-15(13-7-8-13)11-14(21-22)16(23)20-12-19(17(24)25)9-5-4-6-10-19/h11,13H,4-10,12H2,1-3H3,(H,20,23)(H,24,25). The van der Waals surface area contributed by atoms with Crippen molar-refractivity contribution in [2.45, 2.75) is 77.2 Å². The minimum Gasteiger partial charge on any atom is -0.481 e. The lowest BCUT2D eigenvalue weighted by molar-refractivity contribution is -0.150. The highest BCUT2D eigenvalue weighted by atomic mass is 16.4. The number of nitrogens with zero attached hydrogens (tertiary/aromatic N) is 2. The maximum atomic E-state index is 12.6. The second-order valence-corrected chi connectivity index (χ2v) is 8.64. The van der Waals surface area contributed by atoms with Crippen LogP contribution in [0.15, 0.2) is 6.07 Å². The summed E-state index contributed by atoms with van der Waals surface area (Å²) < 4.78 is 1.95. The van der Waals surface area contributed by atoms with Crippen LogP contribution in [-0.2, 0) is 10.3 Å². The molecule has 2 N–H and O–H groups in total. The lowest BCUT2D eigenvalue weighted by Crippen LogP contribution is -2.44. The monoisotopic (exact) mass is 347 g/mol. The van der Waals surface area contributed by atoms with Gasteiger partial charge in [0.05, 0.1) is 11.0 Å². The van der Waals surface area contributed by atoms with Gasteiger partial charge in [0.2, 0.25) is 0 Å². The number of carboxylic acid groups (broad SMARTS) is 1. The number of nitrogens with one attached hydrogen (secondary N) is 1. The minimum absolute atomic E-state index is 0.178. The highest BCUT2D eigenvalue weighted by Crippen LogP contribution is 2.42. The molecular weight excluding hydrogens is 318 g/mol. The first-order valence-corrected chi connectivity index (χ1v) is 9.35. The molecule has 6 heteroatoms. The van der Waals surface area contributed by atoms with E-state index < -0.39 is 11.4 Å². The fourth-order valence-electron chi connectivity index (χ4n) is 3.75. The number of hydrogen-bond donors (Lipinski definition) is 2. The highest BCUT2D eigenvalue weighted by molar-refractivity contribution is 5.92. The van der Waals surface area contributed by atoms with Crippen molar-refractivity contribution in [3.8, 4) is 0 Å².